The number of carbonyl (C=O) groups excluding carboxylic acids is 3. The third kappa shape index (κ3) is 4.12. The van der Waals surface area contributed by atoms with Gasteiger partial charge in [0.1, 0.15) is 6.04 Å². The molecule has 2 saturated heterocycles. The van der Waals surface area contributed by atoms with Crippen LogP contribution in [0.4, 0.5) is 5.69 Å². The summed E-state index contributed by atoms with van der Waals surface area (Å²) >= 11 is 0. The number of ether oxygens (including phenoxy) is 1. The lowest BCUT2D eigenvalue weighted by atomic mass is 9.83. The summed E-state index contributed by atoms with van der Waals surface area (Å²) < 4.78 is 5.47. The molecule has 2 fully saturated rings. The van der Waals surface area contributed by atoms with Gasteiger partial charge in [-0.2, -0.15) is 0 Å². The molecule has 0 bridgehead atoms. The van der Waals surface area contributed by atoms with E-state index in [2.05, 4.69) is 22.8 Å². The van der Waals surface area contributed by atoms with Gasteiger partial charge in [0.25, 0.3) is 5.91 Å². The lowest BCUT2D eigenvalue weighted by molar-refractivity contribution is -0.136. The molecular weight excluding hydrogens is 420 g/mol. The second-order valence-electron chi connectivity index (χ2n) is 9.05. The zero-order valence-electron chi connectivity index (χ0n) is 18.4. The molecule has 3 heterocycles. The van der Waals surface area contributed by atoms with Crippen LogP contribution in [0.15, 0.2) is 42.5 Å². The summed E-state index contributed by atoms with van der Waals surface area (Å²) in [4.78, 5) is 38.4. The number of amides is 3. The fourth-order valence-corrected chi connectivity index (χ4v) is 4.98. The van der Waals surface area contributed by atoms with E-state index in [-0.39, 0.29) is 23.8 Å². The van der Waals surface area contributed by atoms with E-state index in [4.69, 9.17) is 10.5 Å². The Kier molecular flexibility index (Phi) is 5.64. The summed E-state index contributed by atoms with van der Waals surface area (Å²) in [5.74, 6) is -0.840. The number of carbonyl (C=O) groups is 3. The maximum Gasteiger partial charge on any atom is 0.255 e. The Morgan fingerprint density at radius 1 is 1.12 bits per heavy atom. The predicted molar refractivity (Wildman–Crippen MR) is 122 cm³/mol. The van der Waals surface area contributed by atoms with Crippen LogP contribution in [0.5, 0.6) is 0 Å². The van der Waals surface area contributed by atoms with Crippen molar-refractivity contribution >= 4 is 23.4 Å². The summed E-state index contributed by atoms with van der Waals surface area (Å²) in [6.45, 7) is 2.25. The molecular formula is C25H28N4O4. The van der Waals surface area contributed by atoms with Crippen molar-refractivity contribution in [1.82, 2.24) is 10.2 Å². The van der Waals surface area contributed by atoms with E-state index < -0.39 is 11.9 Å². The molecule has 0 aliphatic carbocycles. The van der Waals surface area contributed by atoms with Crippen LogP contribution >= 0.6 is 0 Å². The highest BCUT2D eigenvalue weighted by Gasteiger charge is 2.39. The number of hydrogen-bond donors (Lipinski definition) is 3. The van der Waals surface area contributed by atoms with Gasteiger partial charge in [-0.05, 0) is 54.2 Å². The molecule has 1 atom stereocenters. The Balaban J connectivity index is 1.32. The van der Waals surface area contributed by atoms with Crippen LogP contribution in [-0.2, 0) is 33.0 Å². The van der Waals surface area contributed by atoms with Gasteiger partial charge in [-0.3, -0.25) is 19.7 Å². The normalized spacial score (nSPS) is 22.2. The van der Waals surface area contributed by atoms with Crippen molar-refractivity contribution in [3.63, 3.8) is 0 Å². The Labute approximate surface area is 192 Å². The van der Waals surface area contributed by atoms with Crippen molar-refractivity contribution in [3.05, 3.63) is 64.7 Å². The van der Waals surface area contributed by atoms with Gasteiger partial charge in [0.2, 0.25) is 11.8 Å². The van der Waals surface area contributed by atoms with E-state index in [9.17, 15) is 14.4 Å². The molecule has 2 aromatic rings. The van der Waals surface area contributed by atoms with Gasteiger partial charge >= 0.3 is 0 Å². The SMILES string of the molecule is NC1(c2cccc(NCc3cccc4c3CN(C3CCC(=O)NC3=O)C4=O)c2)CCOCC1. The zero-order chi connectivity index (χ0) is 23.0. The Morgan fingerprint density at radius 3 is 2.70 bits per heavy atom. The van der Waals surface area contributed by atoms with Crippen LogP contribution in [-0.4, -0.2) is 41.9 Å². The van der Waals surface area contributed by atoms with Crippen LogP contribution in [0.25, 0.3) is 0 Å². The fraction of sp³-hybridized carbons (Fsp3) is 0.400. The standard InChI is InChI=1S/C25H28N4O4/c26-25(9-11-33-12-10-25)17-4-2-5-18(13-17)27-14-16-3-1-6-19-20(16)15-29(24(19)32)21-7-8-22(30)28-23(21)31/h1-6,13,21,27H,7-12,14-15,26H2,(H,28,30,31). The molecule has 2 aromatic carbocycles. The number of nitrogens with one attached hydrogen (secondary N) is 2. The summed E-state index contributed by atoms with van der Waals surface area (Å²) in [7, 11) is 0. The molecule has 4 N–H and O–H groups in total. The van der Waals surface area contributed by atoms with Crippen molar-refractivity contribution in [2.45, 2.75) is 50.4 Å². The highest BCUT2D eigenvalue weighted by molar-refractivity contribution is 6.05. The van der Waals surface area contributed by atoms with Gasteiger partial charge in [-0.1, -0.05) is 24.3 Å². The first-order valence-electron chi connectivity index (χ1n) is 11.4. The minimum Gasteiger partial charge on any atom is -0.381 e. The van der Waals surface area contributed by atoms with Gasteiger partial charge in [0, 0.05) is 49.5 Å². The van der Waals surface area contributed by atoms with E-state index in [0.29, 0.717) is 38.3 Å². The van der Waals surface area contributed by atoms with E-state index >= 15 is 0 Å². The number of anilines is 1. The molecule has 0 aromatic heterocycles. The topological polar surface area (TPSA) is 114 Å². The largest absolute Gasteiger partial charge is 0.381 e. The molecule has 8 heteroatoms. The van der Waals surface area contributed by atoms with Crippen LogP contribution in [0.3, 0.4) is 0 Å². The molecule has 3 aliphatic rings. The molecule has 1 unspecified atom stereocenters. The summed E-state index contributed by atoms with van der Waals surface area (Å²) in [6.07, 6.45) is 2.19. The molecule has 3 aliphatic heterocycles. The monoisotopic (exact) mass is 448 g/mol. The average Bonchev–Trinajstić information content (AvgIpc) is 3.15. The van der Waals surface area contributed by atoms with Crippen LogP contribution in [0.1, 0.15) is 52.7 Å². The lowest BCUT2D eigenvalue weighted by Crippen LogP contribution is -2.52. The van der Waals surface area contributed by atoms with Gasteiger partial charge in [0.05, 0.1) is 0 Å². The van der Waals surface area contributed by atoms with Crippen molar-refractivity contribution in [1.29, 1.82) is 0 Å². The van der Waals surface area contributed by atoms with Crippen molar-refractivity contribution in [3.8, 4) is 0 Å². The van der Waals surface area contributed by atoms with Gasteiger partial charge in [-0.25, -0.2) is 0 Å². The molecule has 3 amide bonds. The number of piperidine rings is 1. The Bertz CT molecular complexity index is 1110. The summed E-state index contributed by atoms with van der Waals surface area (Å²) in [5, 5.41) is 5.82. The summed E-state index contributed by atoms with van der Waals surface area (Å²) in [6, 6.07) is 13.2. The first-order chi connectivity index (χ1) is 15.9. The Morgan fingerprint density at radius 2 is 1.91 bits per heavy atom. The average molecular weight is 449 g/mol. The third-order valence-electron chi connectivity index (χ3n) is 6.98. The molecule has 0 saturated carbocycles. The van der Waals surface area contributed by atoms with E-state index in [1.54, 1.807) is 11.0 Å². The maximum atomic E-state index is 13.0. The molecule has 8 nitrogen and oxygen atoms in total. The van der Waals surface area contributed by atoms with Crippen LogP contribution < -0.4 is 16.4 Å². The number of imide groups is 1. The highest BCUT2D eigenvalue weighted by Crippen LogP contribution is 2.32. The number of rotatable bonds is 5. The first-order valence-corrected chi connectivity index (χ1v) is 11.4. The molecule has 5 rings (SSSR count). The van der Waals surface area contributed by atoms with E-state index in [1.165, 1.54) is 0 Å². The number of hydrogen-bond acceptors (Lipinski definition) is 6. The first kappa shape index (κ1) is 21.6. The molecule has 172 valence electrons. The smallest absolute Gasteiger partial charge is 0.255 e. The maximum absolute atomic E-state index is 13.0. The van der Waals surface area contributed by atoms with Gasteiger partial charge < -0.3 is 20.7 Å². The number of nitrogens with zero attached hydrogens (tertiary/aromatic N) is 1. The minimum atomic E-state index is -0.611. The lowest BCUT2D eigenvalue weighted by Gasteiger charge is -2.34. The molecule has 0 radical (unpaired) electrons. The van der Waals surface area contributed by atoms with Crippen molar-refractivity contribution in [2.24, 2.45) is 5.73 Å². The zero-order valence-corrected chi connectivity index (χ0v) is 18.4. The Hall–Kier alpha value is -3.23. The number of benzene rings is 2. The van der Waals surface area contributed by atoms with Crippen LogP contribution in [0, 0.1) is 0 Å². The highest BCUT2D eigenvalue weighted by atomic mass is 16.5. The summed E-state index contributed by atoms with van der Waals surface area (Å²) in [5.41, 5.74) is 10.9. The minimum absolute atomic E-state index is 0.159. The van der Waals surface area contributed by atoms with Crippen LogP contribution in [0.2, 0.25) is 0 Å². The molecule has 0 spiro atoms. The predicted octanol–water partition coefficient (Wildman–Crippen LogP) is 2.02. The molecule has 33 heavy (non-hydrogen) atoms. The van der Waals surface area contributed by atoms with Gasteiger partial charge in [-0.15, -0.1) is 0 Å². The van der Waals surface area contributed by atoms with E-state index in [1.807, 2.05) is 24.3 Å². The number of nitrogens with two attached hydrogens (primary N) is 1. The second kappa shape index (κ2) is 8.61. The van der Waals surface area contributed by atoms with Gasteiger partial charge in [0.15, 0.2) is 0 Å². The third-order valence-corrected chi connectivity index (χ3v) is 6.98. The second-order valence-corrected chi connectivity index (χ2v) is 9.05. The quantitative estimate of drug-likeness (QED) is 0.603. The van der Waals surface area contributed by atoms with Crippen molar-refractivity contribution < 1.29 is 19.1 Å². The van der Waals surface area contributed by atoms with Crippen molar-refractivity contribution in [2.75, 3.05) is 18.5 Å². The number of fused-ring (bicyclic) bond motifs is 1. The fourth-order valence-electron chi connectivity index (χ4n) is 4.98. The van der Waals surface area contributed by atoms with E-state index in [0.717, 1.165) is 35.2 Å².